The molecular weight excluding hydrogens is 366 g/mol. The number of carboxylic acid groups (broad SMARTS) is 1. The lowest BCUT2D eigenvalue weighted by molar-refractivity contribution is -0.137. The Kier molecular flexibility index (Phi) is 5.85. The Morgan fingerprint density at radius 3 is 2.38 bits per heavy atom. The van der Waals surface area contributed by atoms with Crippen LogP contribution in [0.2, 0.25) is 0 Å². The minimum Gasteiger partial charge on any atom is -0.481 e. The SMILES string of the molecule is O=C(O)CCCN1C(=O)/C(=C\c2ccc(-c3ccccc3)cc2)SC1=S. The maximum absolute atomic E-state index is 12.5. The van der Waals surface area contributed by atoms with Crippen LogP contribution in [0.4, 0.5) is 0 Å². The second-order valence-electron chi connectivity index (χ2n) is 5.82. The number of hydrogen-bond acceptors (Lipinski definition) is 4. The molecule has 0 aromatic heterocycles. The second kappa shape index (κ2) is 8.29. The highest BCUT2D eigenvalue weighted by molar-refractivity contribution is 8.26. The maximum atomic E-state index is 12.5. The van der Waals surface area contributed by atoms with Crippen LogP contribution < -0.4 is 0 Å². The standard InChI is InChI=1S/C20H17NO3S2/c22-18(23)7-4-12-21-19(24)17(26-20(21)25)13-14-8-10-16(11-9-14)15-5-2-1-3-6-15/h1-3,5-6,8-11,13H,4,7,12H2,(H,22,23)/b17-13+. The summed E-state index contributed by atoms with van der Waals surface area (Å²) in [4.78, 5) is 25.2. The number of aliphatic carboxylic acids is 1. The lowest BCUT2D eigenvalue weighted by atomic mass is 10.0. The molecule has 0 bridgehead atoms. The summed E-state index contributed by atoms with van der Waals surface area (Å²) < 4.78 is 0.479. The maximum Gasteiger partial charge on any atom is 0.303 e. The van der Waals surface area contributed by atoms with Gasteiger partial charge in [-0.05, 0) is 29.2 Å². The molecule has 1 N–H and O–H groups in total. The van der Waals surface area contributed by atoms with Gasteiger partial charge in [-0.15, -0.1) is 0 Å². The van der Waals surface area contributed by atoms with Crippen molar-refractivity contribution in [3.8, 4) is 11.1 Å². The minimum absolute atomic E-state index is 0.0249. The monoisotopic (exact) mass is 383 g/mol. The zero-order valence-corrected chi connectivity index (χ0v) is 15.6. The summed E-state index contributed by atoms with van der Waals surface area (Å²) >= 11 is 6.51. The molecular formula is C20H17NO3S2. The van der Waals surface area contributed by atoms with Crippen LogP contribution in [0.3, 0.4) is 0 Å². The molecule has 4 nitrogen and oxygen atoms in total. The van der Waals surface area contributed by atoms with Gasteiger partial charge in [0, 0.05) is 13.0 Å². The van der Waals surface area contributed by atoms with Crippen molar-refractivity contribution in [1.29, 1.82) is 0 Å². The van der Waals surface area contributed by atoms with Gasteiger partial charge in [0.05, 0.1) is 4.91 Å². The van der Waals surface area contributed by atoms with Crippen LogP contribution in [0.5, 0.6) is 0 Å². The largest absolute Gasteiger partial charge is 0.481 e. The molecule has 0 radical (unpaired) electrons. The summed E-state index contributed by atoms with van der Waals surface area (Å²) in [5.74, 6) is -1.03. The van der Waals surface area contributed by atoms with Gasteiger partial charge >= 0.3 is 5.97 Å². The molecule has 26 heavy (non-hydrogen) atoms. The molecule has 1 aliphatic rings. The van der Waals surface area contributed by atoms with E-state index in [0.29, 0.717) is 22.2 Å². The first kappa shape index (κ1) is 18.4. The average Bonchev–Trinajstić information content (AvgIpc) is 2.90. The van der Waals surface area contributed by atoms with Crippen LogP contribution in [0.25, 0.3) is 17.2 Å². The summed E-state index contributed by atoms with van der Waals surface area (Å²) in [6.07, 6.45) is 2.24. The van der Waals surface area contributed by atoms with Gasteiger partial charge in [-0.3, -0.25) is 14.5 Å². The predicted octanol–water partition coefficient (Wildman–Crippen LogP) is 4.42. The molecule has 1 saturated heterocycles. The van der Waals surface area contributed by atoms with Gasteiger partial charge in [0.1, 0.15) is 4.32 Å². The Balaban J connectivity index is 1.71. The number of thiocarbonyl (C=S) groups is 1. The normalized spacial score (nSPS) is 15.7. The van der Waals surface area contributed by atoms with Crippen molar-refractivity contribution in [2.45, 2.75) is 12.8 Å². The molecule has 0 unspecified atom stereocenters. The molecule has 1 fully saturated rings. The summed E-state index contributed by atoms with van der Waals surface area (Å²) in [6, 6.07) is 18.1. The van der Waals surface area contributed by atoms with Gasteiger partial charge < -0.3 is 5.11 Å². The van der Waals surface area contributed by atoms with Gasteiger partial charge in [0.2, 0.25) is 0 Å². The minimum atomic E-state index is -0.871. The van der Waals surface area contributed by atoms with Crippen LogP contribution >= 0.6 is 24.0 Å². The van der Waals surface area contributed by atoms with E-state index >= 15 is 0 Å². The Hall–Kier alpha value is -2.44. The molecule has 1 heterocycles. The molecule has 1 amide bonds. The van der Waals surface area contributed by atoms with Gasteiger partial charge in [0.15, 0.2) is 0 Å². The molecule has 132 valence electrons. The third-order valence-electron chi connectivity index (χ3n) is 3.96. The van der Waals surface area contributed by atoms with E-state index in [-0.39, 0.29) is 12.3 Å². The van der Waals surface area contributed by atoms with Crippen LogP contribution in [-0.2, 0) is 9.59 Å². The molecule has 3 rings (SSSR count). The molecule has 0 saturated carbocycles. The van der Waals surface area contributed by atoms with E-state index in [2.05, 4.69) is 12.1 Å². The summed E-state index contributed by atoms with van der Waals surface area (Å²) in [5.41, 5.74) is 3.18. The number of benzene rings is 2. The summed E-state index contributed by atoms with van der Waals surface area (Å²) in [6.45, 7) is 0.335. The number of carbonyl (C=O) groups is 2. The Labute approximate surface area is 161 Å². The number of rotatable bonds is 6. The zero-order chi connectivity index (χ0) is 18.5. The average molecular weight is 383 g/mol. The van der Waals surface area contributed by atoms with Crippen molar-refractivity contribution in [3.05, 3.63) is 65.1 Å². The van der Waals surface area contributed by atoms with Crippen LogP contribution in [0, 0.1) is 0 Å². The second-order valence-corrected chi connectivity index (χ2v) is 7.49. The van der Waals surface area contributed by atoms with Crippen molar-refractivity contribution < 1.29 is 14.7 Å². The van der Waals surface area contributed by atoms with E-state index in [4.69, 9.17) is 17.3 Å². The van der Waals surface area contributed by atoms with Crippen molar-refractivity contribution in [2.24, 2.45) is 0 Å². The predicted molar refractivity (Wildman–Crippen MR) is 109 cm³/mol. The van der Waals surface area contributed by atoms with Crippen molar-refractivity contribution in [3.63, 3.8) is 0 Å². The topological polar surface area (TPSA) is 57.6 Å². The van der Waals surface area contributed by atoms with E-state index in [1.165, 1.54) is 16.7 Å². The van der Waals surface area contributed by atoms with E-state index in [1.807, 2.05) is 48.5 Å². The first-order valence-corrected chi connectivity index (χ1v) is 9.40. The third-order valence-corrected chi connectivity index (χ3v) is 5.34. The van der Waals surface area contributed by atoms with Gasteiger partial charge in [-0.25, -0.2) is 0 Å². The number of nitrogens with zero attached hydrogens (tertiary/aromatic N) is 1. The van der Waals surface area contributed by atoms with Crippen molar-refractivity contribution in [1.82, 2.24) is 4.90 Å². The first-order valence-electron chi connectivity index (χ1n) is 8.17. The lowest BCUT2D eigenvalue weighted by Gasteiger charge is -2.13. The smallest absolute Gasteiger partial charge is 0.303 e. The highest BCUT2D eigenvalue weighted by Gasteiger charge is 2.31. The van der Waals surface area contributed by atoms with Gasteiger partial charge in [0.25, 0.3) is 5.91 Å². The fourth-order valence-electron chi connectivity index (χ4n) is 2.63. The quantitative estimate of drug-likeness (QED) is 0.591. The molecule has 2 aromatic carbocycles. The van der Waals surface area contributed by atoms with Gasteiger partial charge in [-0.2, -0.15) is 0 Å². The van der Waals surface area contributed by atoms with Crippen molar-refractivity contribution in [2.75, 3.05) is 6.54 Å². The lowest BCUT2D eigenvalue weighted by Crippen LogP contribution is -2.29. The fraction of sp³-hybridized carbons (Fsp3) is 0.150. The number of amides is 1. The number of carboxylic acids is 1. The van der Waals surface area contributed by atoms with Crippen LogP contribution in [0.1, 0.15) is 18.4 Å². The number of carbonyl (C=O) groups excluding carboxylic acids is 1. The van der Waals surface area contributed by atoms with Gasteiger partial charge in [-0.1, -0.05) is 78.6 Å². The van der Waals surface area contributed by atoms with Crippen LogP contribution in [0.15, 0.2) is 59.5 Å². The van der Waals surface area contributed by atoms with Crippen molar-refractivity contribution >= 4 is 46.3 Å². The number of thioether (sulfide) groups is 1. The van der Waals surface area contributed by atoms with E-state index in [9.17, 15) is 9.59 Å². The number of hydrogen-bond donors (Lipinski definition) is 1. The molecule has 6 heteroatoms. The Morgan fingerprint density at radius 1 is 1.08 bits per heavy atom. The Bertz CT molecular complexity index is 860. The van der Waals surface area contributed by atoms with E-state index in [0.717, 1.165) is 16.7 Å². The molecule has 0 atom stereocenters. The first-order chi connectivity index (χ1) is 12.5. The molecule has 0 spiro atoms. The molecule has 2 aromatic rings. The highest BCUT2D eigenvalue weighted by Crippen LogP contribution is 2.33. The molecule has 0 aliphatic carbocycles. The van der Waals surface area contributed by atoms with E-state index < -0.39 is 5.97 Å². The molecule has 1 aliphatic heterocycles. The highest BCUT2D eigenvalue weighted by atomic mass is 32.2. The fourth-order valence-corrected chi connectivity index (χ4v) is 3.94. The van der Waals surface area contributed by atoms with E-state index in [1.54, 1.807) is 0 Å². The third kappa shape index (κ3) is 4.39. The zero-order valence-electron chi connectivity index (χ0n) is 13.9. The summed E-state index contributed by atoms with van der Waals surface area (Å²) in [7, 11) is 0. The summed E-state index contributed by atoms with van der Waals surface area (Å²) in [5, 5.41) is 8.72. The van der Waals surface area contributed by atoms with Crippen LogP contribution in [-0.4, -0.2) is 32.7 Å². The Morgan fingerprint density at radius 2 is 1.73 bits per heavy atom.